The van der Waals surface area contributed by atoms with E-state index in [9.17, 15) is 0 Å². The molecule has 0 unspecified atom stereocenters. The Kier molecular flexibility index (Phi) is 4.34. The maximum atomic E-state index is 6.38. The predicted octanol–water partition coefficient (Wildman–Crippen LogP) is 5.12. The molecule has 2 nitrogen and oxygen atoms in total. The number of hydrogen-bond acceptors (Lipinski definition) is 2. The number of rotatable bonds is 4. The molecule has 2 aromatic carbocycles. The number of hydrogen-bond donors (Lipinski definition) is 0. The van der Waals surface area contributed by atoms with Crippen molar-refractivity contribution in [2.45, 2.75) is 13.8 Å². The van der Waals surface area contributed by atoms with Crippen molar-refractivity contribution in [3.8, 4) is 11.5 Å². The quantitative estimate of drug-likeness (QED) is 0.729. The second-order valence-corrected chi connectivity index (χ2v) is 8.80. The Labute approximate surface area is 119 Å². The van der Waals surface area contributed by atoms with E-state index >= 15 is 0 Å². The zero-order valence-electron chi connectivity index (χ0n) is 11.3. The molecule has 19 heavy (non-hydrogen) atoms. The monoisotopic (exact) mass is 296 g/mol. The van der Waals surface area contributed by atoms with Gasteiger partial charge in [-0.3, -0.25) is 0 Å². The first-order valence-corrected chi connectivity index (χ1v) is 9.48. The van der Waals surface area contributed by atoms with Crippen LogP contribution in [0.1, 0.15) is 11.1 Å². The summed E-state index contributed by atoms with van der Waals surface area (Å²) in [6.07, 6.45) is 0. The summed E-state index contributed by atoms with van der Waals surface area (Å²) in [5.41, 5.74) is 2.37. The Balaban J connectivity index is 2.05. The molecule has 0 heterocycles. The van der Waals surface area contributed by atoms with Gasteiger partial charge in [0.1, 0.15) is 0 Å². The molecule has 2 aromatic rings. The summed E-state index contributed by atoms with van der Waals surface area (Å²) >= 11 is 6.38. The summed E-state index contributed by atoms with van der Waals surface area (Å²) < 4.78 is 11.5. The van der Waals surface area contributed by atoms with Crippen molar-refractivity contribution in [2.75, 3.05) is 6.66 Å². The number of halogens is 1. The van der Waals surface area contributed by atoms with Gasteiger partial charge in [0.25, 0.3) is 0 Å². The molecule has 2 rings (SSSR count). The Morgan fingerprint density at radius 2 is 1.05 bits per heavy atom. The molecule has 0 radical (unpaired) electrons. The van der Waals surface area contributed by atoms with E-state index in [2.05, 4.69) is 0 Å². The fourth-order valence-corrected chi connectivity index (χ4v) is 3.34. The first-order chi connectivity index (χ1) is 8.94. The summed E-state index contributed by atoms with van der Waals surface area (Å²) in [6.45, 7) is 5.88. The number of benzene rings is 2. The fraction of sp³-hybridized carbons (Fsp3) is 0.200. The Bertz CT molecular complexity index is 486. The molecule has 0 amide bonds. The molecule has 0 saturated carbocycles. The summed E-state index contributed by atoms with van der Waals surface area (Å²) in [6, 6.07) is 15.6. The van der Waals surface area contributed by atoms with E-state index in [1.807, 2.05) is 69.0 Å². The molecule has 102 valence electrons. The minimum absolute atomic E-state index is 0.738. The summed E-state index contributed by atoms with van der Waals surface area (Å²) in [7, 11) is -2.75. The summed E-state index contributed by atoms with van der Waals surface area (Å²) in [5, 5.41) is 0. The SMILES string of the molecule is Cc1ccc(O[PH](C)(Cl)Oc2ccc(C)cc2)cc1. The molecule has 0 aromatic heterocycles. The molecule has 0 aliphatic rings. The van der Waals surface area contributed by atoms with Crippen molar-refractivity contribution < 1.29 is 9.05 Å². The molecule has 0 fully saturated rings. The van der Waals surface area contributed by atoms with Gasteiger partial charge in [0, 0.05) is 0 Å². The molecule has 0 aliphatic heterocycles. The van der Waals surface area contributed by atoms with Crippen molar-refractivity contribution in [3.63, 3.8) is 0 Å². The van der Waals surface area contributed by atoms with Gasteiger partial charge in [0.05, 0.1) is 0 Å². The van der Waals surface area contributed by atoms with Crippen molar-refractivity contribution in [3.05, 3.63) is 59.7 Å². The maximum absolute atomic E-state index is 6.38. The average molecular weight is 297 g/mol. The molecular weight excluding hydrogens is 279 g/mol. The second kappa shape index (κ2) is 5.81. The fourth-order valence-electron chi connectivity index (χ4n) is 1.65. The third-order valence-electron chi connectivity index (χ3n) is 2.64. The summed E-state index contributed by atoms with van der Waals surface area (Å²) in [5.74, 6) is 1.48. The van der Waals surface area contributed by atoms with Crippen molar-refractivity contribution in [1.29, 1.82) is 0 Å². The number of aryl methyl sites for hydroxylation is 2. The molecule has 0 saturated heterocycles. The van der Waals surface area contributed by atoms with E-state index in [-0.39, 0.29) is 0 Å². The van der Waals surface area contributed by atoms with Crippen LogP contribution < -0.4 is 9.05 Å². The zero-order chi connectivity index (χ0) is 13.9. The molecule has 0 N–H and O–H groups in total. The van der Waals surface area contributed by atoms with Gasteiger partial charge in [0.15, 0.2) is 0 Å². The van der Waals surface area contributed by atoms with E-state index < -0.39 is 7.07 Å². The van der Waals surface area contributed by atoms with E-state index in [0.717, 1.165) is 11.5 Å². The van der Waals surface area contributed by atoms with Crippen LogP contribution in [0.4, 0.5) is 0 Å². The van der Waals surface area contributed by atoms with Gasteiger partial charge >= 0.3 is 119 Å². The van der Waals surface area contributed by atoms with Gasteiger partial charge in [-0.2, -0.15) is 0 Å². The first-order valence-electron chi connectivity index (χ1n) is 6.15. The van der Waals surface area contributed by atoms with E-state index in [0.29, 0.717) is 0 Å². The van der Waals surface area contributed by atoms with Gasteiger partial charge < -0.3 is 0 Å². The van der Waals surface area contributed by atoms with Crippen molar-refractivity contribution >= 4 is 18.3 Å². The van der Waals surface area contributed by atoms with Gasteiger partial charge in [0.2, 0.25) is 0 Å². The Morgan fingerprint density at radius 1 is 0.737 bits per heavy atom. The van der Waals surface area contributed by atoms with Crippen LogP contribution in [0.3, 0.4) is 0 Å². The third kappa shape index (κ3) is 4.41. The standard InChI is InChI=1S/C15H18ClO2P/c1-12-4-8-14(9-5-12)17-19(3,16)18-15-10-6-13(2)7-11-15/h4-11,19H,1-3H3. The van der Waals surface area contributed by atoms with Crippen LogP contribution in [0.25, 0.3) is 0 Å². The Morgan fingerprint density at radius 3 is 1.37 bits per heavy atom. The predicted molar refractivity (Wildman–Crippen MR) is 83.7 cm³/mol. The zero-order valence-corrected chi connectivity index (χ0v) is 13.1. The van der Waals surface area contributed by atoms with Crippen LogP contribution in [-0.4, -0.2) is 6.66 Å². The van der Waals surface area contributed by atoms with E-state index in [1.54, 1.807) is 0 Å². The van der Waals surface area contributed by atoms with Crippen LogP contribution in [0.5, 0.6) is 11.5 Å². The van der Waals surface area contributed by atoms with Gasteiger partial charge in [-0.05, 0) is 0 Å². The Hall–Kier alpha value is -1.24. The van der Waals surface area contributed by atoms with Crippen LogP contribution in [-0.2, 0) is 0 Å². The van der Waals surface area contributed by atoms with E-state index in [1.165, 1.54) is 11.1 Å². The molecule has 4 heteroatoms. The van der Waals surface area contributed by atoms with E-state index in [4.69, 9.17) is 20.3 Å². The minimum atomic E-state index is -2.75. The molecule has 0 spiro atoms. The molecule has 0 bridgehead atoms. The van der Waals surface area contributed by atoms with Crippen LogP contribution in [0.2, 0.25) is 0 Å². The van der Waals surface area contributed by atoms with Gasteiger partial charge in [-0.1, -0.05) is 0 Å². The van der Waals surface area contributed by atoms with Crippen LogP contribution in [0, 0.1) is 13.8 Å². The van der Waals surface area contributed by atoms with Crippen LogP contribution >= 0.6 is 18.3 Å². The third-order valence-corrected chi connectivity index (χ3v) is 4.31. The normalized spacial score (nSPS) is 12.0. The van der Waals surface area contributed by atoms with Gasteiger partial charge in [-0.25, -0.2) is 0 Å². The van der Waals surface area contributed by atoms with Crippen molar-refractivity contribution in [2.24, 2.45) is 0 Å². The second-order valence-electron chi connectivity index (χ2n) is 4.67. The average Bonchev–Trinajstić information content (AvgIpc) is 2.34. The van der Waals surface area contributed by atoms with Gasteiger partial charge in [-0.15, -0.1) is 0 Å². The molecular formula is C15H18ClO2P. The molecule has 0 aliphatic carbocycles. The molecule has 0 atom stereocenters. The topological polar surface area (TPSA) is 18.5 Å². The van der Waals surface area contributed by atoms with Crippen LogP contribution in [0.15, 0.2) is 48.5 Å². The first kappa shape index (κ1) is 14.2. The van der Waals surface area contributed by atoms with Crippen molar-refractivity contribution in [1.82, 2.24) is 0 Å². The summed E-state index contributed by atoms with van der Waals surface area (Å²) in [4.78, 5) is 0.